The van der Waals surface area contributed by atoms with Crippen LogP contribution in [-0.2, 0) is 21.5 Å². The van der Waals surface area contributed by atoms with Gasteiger partial charge in [-0.15, -0.1) is 0 Å². The number of pyridine rings is 1. The van der Waals surface area contributed by atoms with Crippen LogP contribution >= 0.6 is 11.6 Å². The molecule has 2 aromatic rings. The Bertz CT molecular complexity index is 1050. The second-order valence-corrected chi connectivity index (χ2v) is 8.52. The summed E-state index contributed by atoms with van der Waals surface area (Å²) in [7, 11) is 0. The number of rotatable bonds is 3. The third kappa shape index (κ3) is 3.31. The van der Waals surface area contributed by atoms with E-state index in [1.165, 1.54) is 0 Å². The molecule has 0 bridgehead atoms. The van der Waals surface area contributed by atoms with Crippen molar-refractivity contribution in [2.75, 3.05) is 37.6 Å². The Morgan fingerprint density at radius 2 is 1.87 bits per heavy atom. The van der Waals surface area contributed by atoms with E-state index >= 15 is 0 Å². The molecule has 0 radical (unpaired) electrons. The van der Waals surface area contributed by atoms with Crippen molar-refractivity contribution in [2.45, 2.75) is 18.4 Å². The molecule has 31 heavy (non-hydrogen) atoms. The Labute approximate surface area is 184 Å². The van der Waals surface area contributed by atoms with Gasteiger partial charge in [0.2, 0.25) is 5.91 Å². The van der Waals surface area contributed by atoms with Crippen LogP contribution in [0, 0.1) is 0 Å². The number of piperazine rings is 1. The lowest BCUT2D eigenvalue weighted by molar-refractivity contribution is -0.139. The van der Waals surface area contributed by atoms with Crippen molar-refractivity contribution in [3.8, 4) is 0 Å². The van der Waals surface area contributed by atoms with E-state index in [2.05, 4.69) is 15.2 Å². The fraction of sp³-hybridized carbons (Fsp3) is 0.364. The minimum Gasteiger partial charge on any atom is -0.353 e. The van der Waals surface area contributed by atoms with Gasteiger partial charge in [0, 0.05) is 32.4 Å². The molecule has 0 saturated carbocycles. The average molecular weight is 440 g/mol. The first-order valence-electron chi connectivity index (χ1n) is 10.3. The first-order valence-corrected chi connectivity index (χ1v) is 10.7. The van der Waals surface area contributed by atoms with Gasteiger partial charge in [-0.25, -0.2) is 9.78 Å². The van der Waals surface area contributed by atoms with Crippen LogP contribution in [0.25, 0.3) is 0 Å². The summed E-state index contributed by atoms with van der Waals surface area (Å²) in [4.78, 5) is 47.9. The van der Waals surface area contributed by atoms with Crippen LogP contribution in [0.4, 0.5) is 10.6 Å². The Morgan fingerprint density at radius 1 is 1.10 bits per heavy atom. The standard InChI is InChI=1S/C22H22ClN5O3/c23-16-5-6-18(24-13-16)26-9-11-27(12-10-26)19(29)14-28-20(30)22(25-21(28)31)8-7-15-3-1-2-4-17(15)22/h1-6,13H,7-12,14H2,(H,25,31). The van der Waals surface area contributed by atoms with E-state index in [4.69, 9.17) is 11.6 Å². The number of hydrogen-bond acceptors (Lipinski definition) is 5. The van der Waals surface area contributed by atoms with Crippen LogP contribution in [0.1, 0.15) is 17.5 Å². The number of nitrogens with zero attached hydrogens (tertiary/aromatic N) is 4. The number of amides is 4. The molecule has 1 spiro atoms. The van der Waals surface area contributed by atoms with Gasteiger partial charge in [-0.05, 0) is 36.1 Å². The van der Waals surface area contributed by atoms with E-state index in [1.807, 2.05) is 30.3 Å². The summed E-state index contributed by atoms with van der Waals surface area (Å²) >= 11 is 5.89. The molecule has 1 atom stereocenters. The lowest BCUT2D eigenvalue weighted by atomic mass is 9.92. The number of halogens is 1. The molecule has 1 aliphatic carbocycles. The number of aryl methyl sites for hydroxylation is 1. The highest BCUT2D eigenvalue weighted by Crippen LogP contribution is 2.41. The fourth-order valence-electron chi connectivity index (χ4n) is 4.71. The predicted octanol–water partition coefficient (Wildman–Crippen LogP) is 1.78. The molecule has 2 aliphatic heterocycles. The smallest absolute Gasteiger partial charge is 0.325 e. The number of imide groups is 1. The number of fused-ring (bicyclic) bond motifs is 2. The minimum atomic E-state index is -1.03. The van der Waals surface area contributed by atoms with Gasteiger partial charge >= 0.3 is 6.03 Å². The van der Waals surface area contributed by atoms with E-state index < -0.39 is 11.6 Å². The van der Waals surface area contributed by atoms with Crippen LogP contribution in [0.15, 0.2) is 42.6 Å². The minimum absolute atomic E-state index is 0.226. The van der Waals surface area contributed by atoms with Crippen molar-refractivity contribution in [1.82, 2.24) is 20.1 Å². The highest BCUT2D eigenvalue weighted by Gasteiger charge is 2.55. The van der Waals surface area contributed by atoms with Crippen LogP contribution in [0.2, 0.25) is 5.02 Å². The third-order valence-corrected chi connectivity index (χ3v) is 6.61. The van der Waals surface area contributed by atoms with Crippen molar-refractivity contribution in [3.05, 3.63) is 58.7 Å². The molecule has 2 fully saturated rings. The van der Waals surface area contributed by atoms with Gasteiger partial charge in [0.15, 0.2) is 0 Å². The zero-order valence-corrected chi connectivity index (χ0v) is 17.6. The molecule has 1 aromatic heterocycles. The number of carbonyl (C=O) groups is 3. The summed E-state index contributed by atoms with van der Waals surface area (Å²) in [6.07, 6.45) is 2.85. The maximum atomic E-state index is 13.2. The number of urea groups is 1. The average Bonchev–Trinajstić information content (AvgIpc) is 3.27. The monoisotopic (exact) mass is 439 g/mol. The Kier molecular flexibility index (Phi) is 4.81. The van der Waals surface area contributed by atoms with E-state index in [0.717, 1.165) is 28.3 Å². The van der Waals surface area contributed by atoms with Gasteiger partial charge in [0.1, 0.15) is 17.9 Å². The molecule has 8 nitrogen and oxygen atoms in total. The highest BCUT2D eigenvalue weighted by atomic mass is 35.5. The molecule has 2 saturated heterocycles. The summed E-state index contributed by atoms with van der Waals surface area (Å²) in [6.45, 7) is 2.00. The SMILES string of the molecule is O=C(CN1C(=O)NC2(CCc3ccccc32)C1=O)N1CCN(c2ccc(Cl)cn2)CC1. The van der Waals surface area contributed by atoms with Crippen molar-refractivity contribution in [2.24, 2.45) is 0 Å². The molecule has 3 heterocycles. The van der Waals surface area contributed by atoms with E-state index in [1.54, 1.807) is 17.2 Å². The maximum absolute atomic E-state index is 13.2. The summed E-state index contributed by atoms with van der Waals surface area (Å²) in [5, 5.41) is 3.44. The molecule has 5 rings (SSSR count). The van der Waals surface area contributed by atoms with Crippen LogP contribution in [-0.4, -0.2) is 65.4 Å². The zero-order valence-electron chi connectivity index (χ0n) is 16.9. The Hall–Kier alpha value is -3.13. The number of benzene rings is 1. The van der Waals surface area contributed by atoms with Crippen LogP contribution in [0.3, 0.4) is 0 Å². The third-order valence-electron chi connectivity index (χ3n) is 6.38. The van der Waals surface area contributed by atoms with Gasteiger partial charge < -0.3 is 15.1 Å². The lowest BCUT2D eigenvalue weighted by Gasteiger charge is -2.35. The first kappa shape index (κ1) is 19.8. The second-order valence-electron chi connectivity index (χ2n) is 8.09. The van der Waals surface area contributed by atoms with Crippen LogP contribution in [0.5, 0.6) is 0 Å². The molecule has 160 valence electrons. The number of carbonyl (C=O) groups excluding carboxylic acids is 3. The first-order chi connectivity index (χ1) is 15.0. The molecule has 4 amide bonds. The van der Waals surface area contributed by atoms with E-state index in [0.29, 0.717) is 37.6 Å². The molecular weight excluding hydrogens is 418 g/mol. The van der Waals surface area contributed by atoms with Gasteiger partial charge in [-0.3, -0.25) is 14.5 Å². The summed E-state index contributed by atoms with van der Waals surface area (Å²) in [6, 6.07) is 10.8. The topological polar surface area (TPSA) is 85.8 Å². The maximum Gasteiger partial charge on any atom is 0.325 e. The van der Waals surface area contributed by atoms with Crippen molar-refractivity contribution >= 4 is 35.3 Å². The van der Waals surface area contributed by atoms with Gasteiger partial charge in [-0.1, -0.05) is 35.9 Å². The van der Waals surface area contributed by atoms with Crippen LogP contribution < -0.4 is 10.2 Å². The Balaban J connectivity index is 1.24. The molecule has 3 aliphatic rings. The molecule has 9 heteroatoms. The summed E-state index contributed by atoms with van der Waals surface area (Å²) < 4.78 is 0. The number of hydrogen-bond donors (Lipinski definition) is 1. The Morgan fingerprint density at radius 3 is 2.61 bits per heavy atom. The quantitative estimate of drug-likeness (QED) is 0.737. The van der Waals surface area contributed by atoms with Gasteiger partial charge in [-0.2, -0.15) is 0 Å². The molecule has 1 unspecified atom stereocenters. The normalized spacial score (nSPS) is 22.8. The summed E-state index contributed by atoms with van der Waals surface area (Å²) in [5.74, 6) is 0.253. The number of anilines is 1. The predicted molar refractivity (Wildman–Crippen MR) is 115 cm³/mol. The van der Waals surface area contributed by atoms with Crippen molar-refractivity contribution < 1.29 is 14.4 Å². The largest absolute Gasteiger partial charge is 0.353 e. The molecule has 1 N–H and O–H groups in total. The number of nitrogens with one attached hydrogen (secondary N) is 1. The van der Waals surface area contributed by atoms with Gasteiger partial charge in [0.05, 0.1) is 5.02 Å². The fourth-order valence-corrected chi connectivity index (χ4v) is 4.82. The van der Waals surface area contributed by atoms with Crippen molar-refractivity contribution in [1.29, 1.82) is 0 Å². The van der Waals surface area contributed by atoms with E-state index in [9.17, 15) is 14.4 Å². The zero-order chi connectivity index (χ0) is 21.6. The van der Waals surface area contributed by atoms with Crippen molar-refractivity contribution in [3.63, 3.8) is 0 Å². The van der Waals surface area contributed by atoms with Gasteiger partial charge in [0.25, 0.3) is 5.91 Å². The molecule has 1 aromatic carbocycles. The molecular formula is C22H22ClN5O3. The van der Waals surface area contributed by atoms with E-state index in [-0.39, 0.29) is 18.4 Å². The highest BCUT2D eigenvalue weighted by molar-refractivity contribution is 6.30. The number of aromatic nitrogens is 1. The summed E-state index contributed by atoms with van der Waals surface area (Å²) in [5.41, 5.74) is 0.871. The second kappa shape index (κ2) is 7.53. The lowest BCUT2D eigenvalue weighted by Crippen LogP contribution is -2.52.